The predicted molar refractivity (Wildman–Crippen MR) is 65.5 cm³/mol. The Morgan fingerprint density at radius 3 is 2.67 bits per heavy atom. The zero-order valence-corrected chi connectivity index (χ0v) is 11.2. The summed E-state index contributed by atoms with van der Waals surface area (Å²) in [5.74, 6) is -1.44. The van der Waals surface area contributed by atoms with Gasteiger partial charge in [-0.1, -0.05) is 0 Å². The van der Waals surface area contributed by atoms with Crippen molar-refractivity contribution < 1.29 is 14.3 Å². The maximum Gasteiger partial charge on any atom is 0.375 e. The summed E-state index contributed by atoms with van der Waals surface area (Å²) in [5.41, 5.74) is 1.22. The van der Waals surface area contributed by atoms with Crippen molar-refractivity contribution >= 4 is 21.9 Å². The van der Waals surface area contributed by atoms with Gasteiger partial charge in [0, 0.05) is 0 Å². The lowest BCUT2D eigenvalue weighted by atomic mass is 10.2. The van der Waals surface area contributed by atoms with Crippen molar-refractivity contribution in [3.63, 3.8) is 0 Å². The fourth-order valence-electron chi connectivity index (χ4n) is 1.57. The molecule has 0 unspecified atom stereocenters. The van der Waals surface area contributed by atoms with Crippen LogP contribution in [-0.2, 0) is 0 Å². The van der Waals surface area contributed by atoms with Gasteiger partial charge in [-0.05, 0) is 47.5 Å². The van der Waals surface area contributed by atoms with E-state index in [1.807, 2.05) is 0 Å². The van der Waals surface area contributed by atoms with E-state index in [2.05, 4.69) is 26.0 Å². The van der Waals surface area contributed by atoms with Gasteiger partial charge in [0.1, 0.15) is 11.6 Å². The van der Waals surface area contributed by atoms with Crippen molar-refractivity contribution in [3.05, 3.63) is 39.6 Å². The molecule has 1 N–H and O–H groups in total. The Balaban J connectivity index is 2.62. The van der Waals surface area contributed by atoms with Gasteiger partial charge in [0.25, 0.3) is 5.82 Å². The van der Waals surface area contributed by atoms with Gasteiger partial charge in [-0.2, -0.15) is 0 Å². The third-order valence-corrected chi connectivity index (χ3v) is 3.03. The van der Waals surface area contributed by atoms with Crippen molar-refractivity contribution in [2.75, 3.05) is 0 Å². The van der Waals surface area contributed by atoms with Crippen LogP contribution in [0.3, 0.4) is 0 Å². The monoisotopic (exact) mass is 313 g/mol. The van der Waals surface area contributed by atoms with E-state index in [4.69, 9.17) is 5.11 Å². The molecule has 1 aromatic heterocycles. The molecule has 0 spiro atoms. The summed E-state index contributed by atoms with van der Waals surface area (Å²) in [6.45, 7) is 3.35. The standard InChI is InChI=1S/C11H9BrFN3O2/c1-5-3-8(13)7(12)4-9(5)16-6(2)14-10(15-16)11(17)18/h3-4H,1-2H3,(H,17,18). The summed E-state index contributed by atoms with van der Waals surface area (Å²) in [6, 6.07) is 2.89. The largest absolute Gasteiger partial charge is 0.475 e. The molecular formula is C11H9BrFN3O2. The zero-order chi connectivity index (χ0) is 13.4. The molecule has 0 aliphatic carbocycles. The molecule has 0 aliphatic rings. The maximum atomic E-state index is 13.3. The summed E-state index contributed by atoms with van der Waals surface area (Å²) in [4.78, 5) is 14.6. The van der Waals surface area contributed by atoms with Crippen LogP contribution in [0.5, 0.6) is 0 Å². The molecule has 2 aromatic rings. The molecule has 1 heterocycles. The van der Waals surface area contributed by atoms with Gasteiger partial charge in [-0.3, -0.25) is 0 Å². The number of benzene rings is 1. The molecule has 18 heavy (non-hydrogen) atoms. The molecule has 0 radical (unpaired) electrons. The molecule has 2 rings (SSSR count). The van der Waals surface area contributed by atoms with Crippen LogP contribution in [-0.4, -0.2) is 25.8 Å². The second-order valence-electron chi connectivity index (χ2n) is 3.75. The molecular weight excluding hydrogens is 305 g/mol. The normalized spacial score (nSPS) is 10.7. The molecule has 1 aromatic carbocycles. The molecule has 0 amide bonds. The Bertz CT molecular complexity index is 639. The molecule has 0 bridgehead atoms. The van der Waals surface area contributed by atoms with Crippen LogP contribution in [0.25, 0.3) is 5.69 Å². The lowest BCUT2D eigenvalue weighted by molar-refractivity contribution is 0.0683. The van der Waals surface area contributed by atoms with E-state index in [1.165, 1.54) is 16.8 Å². The van der Waals surface area contributed by atoms with Crippen LogP contribution in [0.2, 0.25) is 0 Å². The van der Waals surface area contributed by atoms with Crippen LogP contribution >= 0.6 is 15.9 Å². The number of hydrogen-bond donors (Lipinski definition) is 1. The van der Waals surface area contributed by atoms with E-state index in [1.54, 1.807) is 13.8 Å². The summed E-state index contributed by atoms with van der Waals surface area (Å²) < 4.78 is 15.0. The molecule has 5 nitrogen and oxygen atoms in total. The molecule has 0 fully saturated rings. The summed E-state index contributed by atoms with van der Waals surface area (Å²) in [7, 11) is 0. The smallest absolute Gasteiger partial charge is 0.375 e. The fraction of sp³-hybridized carbons (Fsp3) is 0.182. The Morgan fingerprint density at radius 2 is 2.11 bits per heavy atom. The molecule has 0 atom stereocenters. The highest BCUT2D eigenvalue weighted by atomic mass is 79.9. The number of halogens is 2. The second-order valence-corrected chi connectivity index (χ2v) is 4.61. The average molecular weight is 314 g/mol. The molecule has 7 heteroatoms. The van der Waals surface area contributed by atoms with Crippen molar-refractivity contribution in [3.8, 4) is 5.69 Å². The Morgan fingerprint density at radius 1 is 1.44 bits per heavy atom. The molecule has 94 valence electrons. The molecule has 0 saturated heterocycles. The first-order valence-electron chi connectivity index (χ1n) is 5.03. The minimum absolute atomic E-state index is 0.285. The lowest BCUT2D eigenvalue weighted by Gasteiger charge is -2.08. The number of carbonyl (C=O) groups is 1. The van der Waals surface area contributed by atoms with E-state index >= 15 is 0 Å². The van der Waals surface area contributed by atoms with Gasteiger partial charge >= 0.3 is 5.97 Å². The third kappa shape index (κ3) is 2.13. The maximum absolute atomic E-state index is 13.3. The lowest BCUT2D eigenvalue weighted by Crippen LogP contribution is -2.04. The average Bonchev–Trinajstić information content (AvgIpc) is 2.66. The van der Waals surface area contributed by atoms with Crippen LogP contribution in [0.15, 0.2) is 16.6 Å². The van der Waals surface area contributed by atoms with Gasteiger partial charge < -0.3 is 5.11 Å². The number of aryl methyl sites for hydroxylation is 2. The van der Waals surface area contributed by atoms with Crippen molar-refractivity contribution in [1.29, 1.82) is 0 Å². The SMILES string of the molecule is Cc1cc(F)c(Br)cc1-n1nc(C(=O)O)nc1C. The molecule has 0 aliphatic heterocycles. The van der Waals surface area contributed by atoms with Crippen molar-refractivity contribution in [2.24, 2.45) is 0 Å². The van der Waals surface area contributed by atoms with Gasteiger partial charge in [0.15, 0.2) is 0 Å². The van der Waals surface area contributed by atoms with Gasteiger partial charge in [0.05, 0.1) is 10.2 Å². The fourth-order valence-corrected chi connectivity index (χ4v) is 1.90. The van der Waals surface area contributed by atoms with E-state index in [0.29, 0.717) is 17.1 Å². The Labute approximate surface area is 110 Å². The van der Waals surface area contributed by atoms with E-state index in [-0.39, 0.29) is 16.1 Å². The van der Waals surface area contributed by atoms with Crippen LogP contribution in [0.4, 0.5) is 4.39 Å². The van der Waals surface area contributed by atoms with Gasteiger partial charge in [0.2, 0.25) is 0 Å². The first kappa shape index (κ1) is 12.7. The highest BCUT2D eigenvalue weighted by Gasteiger charge is 2.16. The first-order chi connectivity index (χ1) is 8.40. The number of aromatic carboxylic acids is 1. The Hall–Kier alpha value is -1.76. The van der Waals surface area contributed by atoms with Gasteiger partial charge in [-0.25, -0.2) is 18.9 Å². The quantitative estimate of drug-likeness (QED) is 0.925. The number of carboxylic acid groups (broad SMARTS) is 1. The van der Waals surface area contributed by atoms with Crippen molar-refractivity contribution in [1.82, 2.24) is 14.8 Å². The third-order valence-electron chi connectivity index (χ3n) is 2.43. The number of rotatable bonds is 2. The summed E-state index contributed by atoms with van der Waals surface area (Å²) >= 11 is 3.08. The topological polar surface area (TPSA) is 68.0 Å². The predicted octanol–water partition coefficient (Wildman–Crippen LogP) is 2.48. The summed E-state index contributed by atoms with van der Waals surface area (Å²) in [5, 5.41) is 12.7. The first-order valence-corrected chi connectivity index (χ1v) is 5.82. The molecule has 0 saturated carbocycles. The van der Waals surface area contributed by atoms with E-state index < -0.39 is 5.97 Å². The Kier molecular flexibility index (Phi) is 3.16. The second kappa shape index (κ2) is 4.49. The zero-order valence-electron chi connectivity index (χ0n) is 9.61. The minimum Gasteiger partial charge on any atom is -0.475 e. The number of nitrogens with zero attached hydrogens (tertiary/aromatic N) is 3. The van der Waals surface area contributed by atoms with Crippen LogP contribution in [0.1, 0.15) is 22.0 Å². The highest BCUT2D eigenvalue weighted by molar-refractivity contribution is 9.10. The number of aromatic nitrogens is 3. The number of carboxylic acids is 1. The van der Waals surface area contributed by atoms with Gasteiger partial charge in [-0.15, -0.1) is 5.10 Å². The van der Waals surface area contributed by atoms with Crippen LogP contribution < -0.4 is 0 Å². The van der Waals surface area contributed by atoms with Crippen LogP contribution in [0, 0.1) is 19.7 Å². The number of hydrogen-bond acceptors (Lipinski definition) is 3. The highest BCUT2D eigenvalue weighted by Crippen LogP contribution is 2.23. The van der Waals surface area contributed by atoms with E-state index in [0.717, 1.165) is 0 Å². The van der Waals surface area contributed by atoms with E-state index in [9.17, 15) is 9.18 Å². The summed E-state index contributed by atoms with van der Waals surface area (Å²) in [6.07, 6.45) is 0. The van der Waals surface area contributed by atoms with Crippen molar-refractivity contribution in [2.45, 2.75) is 13.8 Å². The minimum atomic E-state index is -1.20.